The third-order valence-corrected chi connectivity index (χ3v) is 3.01. The summed E-state index contributed by atoms with van der Waals surface area (Å²) < 4.78 is 1.26. The van der Waals surface area contributed by atoms with Gasteiger partial charge in [-0.2, -0.15) is 0 Å². The highest BCUT2D eigenvalue weighted by atomic mass is 16.4. The van der Waals surface area contributed by atoms with Crippen molar-refractivity contribution in [1.82, 2.24) is 4.57 Å². The molecular weight excluding hydrogens is 216 g/mol. The summed E-state index contributed by atoms with van der Waals surface area (Å²) in [6, 6.07) is 7.57. The summed E-state index contributed by atoms with van der Waals surface area (Å²) in [5.74, 6) is 0. The molecule has 0 bridgehead atoms. The third-order valence-electron chi connectivity index (χ3n) is 3.01. The maximum absolute atomic E-state index is 11.1. The van der Waals surface area contributed by atoms with E-state index in [-0.39, 0.29) is 6.04 Å². The van der Waals surface area contributed by atoms with Crippen LogP contribution in [0.25, 0.3) is 10.9 Å². The first kappa shape index (κ1) is 11.7. The molecule has 90 valence electrons. The number of carboxylic acid groups (broad SMARTS) is 1. The van der Waals surface area contributed by atoms with Crippen LogP contribution in [0.5, 0.6) is 0 Å². The number of carbonyl (C=O) groups is 1. The van der Waals surface area contributed by atoms with Gasteiger partial charge in [0, 0.05) is 17.6 Å². The molecule has 0 saturated heterocycles. The minimum absolute atomic E-state index is 0.0723. The molecule has 1 heterocycles. The Balaban J connectivity index is 2.52. The quantitative estimate of drug-likeness (QED) is 0.854. The van der Waals surface area contributed by atoms with Gasteiger partial charge in [0.15, 0.2) is 0 Å². The van der Waals surface area contributed by atoms with Gasteiger partial charge >= 0.3 is 6.09 Å². The lowest BCUT2D eigenvalue weighted by Gasteiger charge is -2.06. The van der Waals surface area contributed by atoms with Gasteiger partial charge in [-0.25, -0.2) is 4.79 Å². The van der Waals surface area contributed by atoms with E-state index in [1.807, 2.05) is 31.2 Å². The van der Waals surface area contributed by atoms with Crippen molar-refractivity contribution in [3.05, 3.63) is 36.0 Å². The van der Waals surface area contributed by atoms with Crippen LogP contribution in [0.3, 0.4) is 0 Å². The second-order valence-corrected chi connectivity index (χ2v) is 4.20. The van der Waals surface area contributed by atoms with E-state index in [2.05, 4.69) is 0 Å². The molecule has 0 aliphatic carbocycles. The van der Waals surface area contributed by atoms with Gasteiger partial charge in [-0.1, -0.05) is 25.1 Å². The van der Waals surface area contributed by atoms with E-state index < -0.39 is 6.09 Å². The van der Waals surface area contributed by atoms with Crippen LogP contribution in [0.15, 0.2) is 30.5 Å². The Kier molecular flexibility index (Phi) is 3.15. The van der Waals surface area contributed by atoms with Crippen LogP contribution in [-0.2, 0) is 6.42 Å². The van der Waals surface area contributed by atoms with Crippen molar-refractivity contribution in [2.24, 2.45) is 5.73 Å². The fourth-order valence-corrected chi connectivity index (χ4v) is 2.00. The van der Waals surface area contributed by atoms with Crippen molar-refractivity contribution in [1.29, 1.82) is 0 Å². The van der Waals surface area contributed by atoms with Crippen molar-refractivity contribution >= 4 is 17.0 Å². The van der Waals surface area contributed by atoms with Crippen LogP contribution in [0, 0.1) is 0 Å². The van der Waals surface area contributed by atoms with Crippen LogP contribution in [0.1, 0.15) is 18.9 Å². The highest BCUT2D eigenvalue weighted by Crippen LogP contribution is 2.22. The van der Waals surface area contributed by atoms with Gasteiger partial charge in [0.2, 0.25) is 0 Å². The molecule has 0 spiro atoms. The molecule has 4 nitrogen and oxygen atoms in total. The summed E-state index contributed by atoms with van der Waals surface area (Å²) in [6.07, 6.45) is 2.30. The molecule has 1 atom stereocenters. The molecule has 2 aromatic rings. The smallest absolute Gasteiger partial charge is 0.416 e. The Morgan fingerprint density at radius 1 is 1.47 bits per heavy atom. The molecule has 0 amide bonds. The largest absolute Gasteiger partial charge is 0.464 e. The van der Waals surface area contributed by atoms with E-state index in [0.717, 1.165) is 22.9 Å². The van der Waals surface area contributed by atoms with Gasteiger partial charge in [0.1, 0.15) is 0 Å². The second kappa shape index (κ2) is 4.59. The van der Waals surface area contributed by atoms with Gasteiger partial charge in [0.25, 0.3) is 0 Å². The predicted molar refractivity (Wildman–Crippen MR) is 67.3 cm³/mol. The molecule has 0 saturated carbocycles. The summed E-state index contributed by atoms with van der Waals surface area (Å²) in [4.78, 5) is 11.1. The lowest BCUT2D eigenvalue weighted by atomic mass is 10.0. The first-order valence-corrected chi connectivity index (χ1v) is 5.71. The van der Waals surface area contributed by atoms with Gasteiger partial charge in [0.05, 0.1) is 5.52 Å². The molecular formula is C13H16N2O2. The van der Waals surface area contributed by atoms with E-state index >= 15 is 0 Å². The molecule has 1 aromatic carbocycles. The standard InChI is InChI=1S/C13H16N2O2/c1-2-10(14)7-9-8-15(13(16)17)12-6-4-3-5-11(9)12/h3-6,8,10H,2,7,14H2,1H3,(H,16,17)/t10-/m0/s1. The van der Waals surface area contributed by atoms with Crippen LogP contribution < -0.4 is 5.73 Å². The highest BCUT2D eigenvalue weighted by Gasteiger charge is 2.13. The van der Waals surface area contributed by atoms with Crippen LogP contribution >= 0.6 is 0 Å². The van der Waals surface area contributed by atoms with Crippen LogP contribution in [0.2, 0.25) is 0 Å². The predicted octanol–water partition coefficient (Wildman–Crippen LogP) is 2.45. The lowest BCUT2D eigenvalue weighted by molar-refractivity contribution is 0.197. The zero-order valence-corrected chi connectivity index (χ0v) is 9.76. The van der Waals surface area contributed by atoms with E-state index in [4.69, 9.17) is 10.8 Å². The number of rotatable bonds is 3. The molecule has 0 unspecified atom stereocenters. The number of nitrogens with zero attached hydrogens (tertiary/aromatic N) is 1. The second-order valence-electron chi connectivity index (χ2n) is 4.20. The number of nitrogens with two attached hydrogens (primary N) is 1. The minimum atomic E-state index is -0.961. The Hall–Kier alpha value is -1.81. The normalized spacial score (nSPS) is 12.8. The van der Waals surface area contributed by atoms with Gasteiger partial charge in [-0.05, 0) is 24.5 Å². The van der Waals surface area contributed by atoms with Crippen molar-refractivity contribution < 1.29 is 9.90 Å². The Morgan fingerprint density at radius 3 is 2.82 bits per heavy atom. The first-order chi connectivity index (χ1) is 8.13. The molecule has 2 rings (SSSR count). The van der Waals surface area contributed by atoms with Crippen molar-refractivity contribution in [2.75, 3.05) is 0 Å². The van der Waals surface area contributed by atoms with E-state index in [1.54, 1.807) is 6.20 Å². The summed E-state index contributed by atoms with van der Waals surface area (Å²) in [5.41, 5.74) is 7.64. The lowest BCUT2D eigenvalue weighted by Crippen LogP contribution is -2.21. The third kappa shape index (κ3) is 2.17. The number of benzene rings is 1. The average Bonchev–Trinajstić information content (AvgIpc) is 2.68. The van der Waals surface area contributed by atoms with Crippen molar-refractivity contribution in [3.63, 3.8) is 0 Å². The minimum Gasteiger partial charge on any atom is -0.464 e. The number of hydrogen-bond donors (Lipinski definition) is 2. The highest BCUT2D eigenvalue weighted by molar-refractivity contribution is 5.91. The van der Waals surface area contributed by atoms with E-state index in [1.165, 1.54) is 4.57 Å². The molecule has 1 aromatic heterocycles. The van der Waals surface area contributed by atoms with Gasteiger partial charge < -0.3 is 10.8 Å². The van der Waals surface area contributed by atoms with Crippen LogP contribution in [0.4, 0.5) is 4.79 Å². The Labute approximate surface area is 99.7 Å². The fourth-order valence-electron chi connectivity index (χ4n) is 2.00. The van der Waals surface area contributed by atoms with Crippen molar-refractivity contribution in [2.45, 2.75) is 25.8 Å². The molecule has 17 heavy (non-hydrogen) atoms. The average molecular weight is 232 g/mol. The summed E-state index contributed by atoms with van der Waals surface area (Å²) in [5, 5.41) is 10.1. The van der Waals surface area contributed by atoms with Crippen LogP contribution in [-0.4, -0.2) is 21.8 Å². The summed E-state index contributed by atoms with van der Waals surface area (Å²) in [6.45, 7) is 2.03. The number of fused-ring (bicyclic) bond motifs is 1. The molecule has 0 aliphatic rings. The van der Waals surface area contributed by atoms with Gasteiger partial charge in [-0.15, -0.1) is 0 Å². The topological polar surface area (TPSA) is 68.2 Å². The Bertz CT molecular complexity index is 545. The fraction of sp³-hybridized carbons (Fsp3) is 0.308. The van der Waals surface area contributed by atoms with Gasteiger partial charge in [-0.3, -0.25) is 4.57 Å². The zero-order valence-electron chi connectivity index (χ0n) is 9.76. The van der Waals surface area contributed by atoms with Crippen molar-refractivity contribution in [3.8, 4) is 0 Å². The Morgan fingerprint density at radius 2 is 2.18 bits per heavy atom. The van der Waals surface area contributed by atoms with E-state index in [9.17, 15) is 4.79 Å². The molecule has 3 N–H and O–H groups in total. The number of hydrogen-bond acceptors (Lipinski definition) is 2. The maximum Gasteiger partial charge on any atom is 0.416 e. The first-order valence-electron chi connectivity index (χ1n) is 5.71. The number of para-hydroxylation sites is 1. The summed E-state index contributed by atoms with van der Waals surface area (Å²) in [7, 11) is 0. The number of aromatic nitrogens is 1. The maximum atomic E-state index is 11.1. The monoisotopic (exact) mass is 232 g/mol. The molecule has 0 aliphatic heterocycles. The molecule has 0 fully saturated rings. The zero-order chi connectivity index (χ0) is 12.4. The molecule has 0 radical (unpaired) electrons. The van der Waals surface area contributed by atoms with E-state index in [0.29, 0.717) is 6.42 Å². The molecule has 4 heteroatoms. The summed E-state index contributed by atoms with van der Waals surface area (Å²) >= 11 is 0. The SMILES string of the molecule is CC[C@H](N)Cc1cn(C(=O)O)c2ccccc12.